The summed E-state index contributed by atoms with van der Waals surface area (Å²) < 4.78 is 29.9. The minimum absolute atomic E-state index is 0.00862. The predicted octanol–water partition coefficient (Wildman–Crippen LogP) is 2.74. The van der Waals surface area contributed by atoms with E-state index in [0.717, 1.165) is 17.2 Å². The molecule has 105 heavy (non-hydrogen) atoms. The monoisotopic (exact) mass is 1490 g/mol. The second-order valence-electron chi connectivity index (χ2n) is 26.0. The fourth-order valence-electron chi connectivity index (χ4n) is 12.5. The number of carbonyl (C=O) groups is 12. The maximum Gasteiger partial charge on any atom is 0.305 e. The number of primary amides is 1. The van der Waals surface area contributed by atoms with E-state index in [1.165, 1.54) is 115 Å². The summed E-state index contributed by atoms with van der Waals surface area (Å²) >= 11 is 2.76. The van der Waals surface area contributed by atoms with E-state index in [2.05, 4.69) is 67.8 Å². The zero-order chi connectivity index (χ0) is 75.3. The number of carboxylic acids is 1. The molecule has 29 nitrogen and oxygen atoms in total. The van der Waals surface area contributed by atoms with E-state index in [1.807, 2.05) is 24.3 Å². The first-order valence-electron chi connectivity index (χ1n) is 34.3. The lowest BCUT2D eigenvalue weighted by atomic mass is 9.95. The Labute approximate surface area is 610 Å². The molecule has 33 heteroatoms. The van der Waals surface area contributed by atoms with Gasteiger partial charge in [0.2, 0.25) is 65.0 Å². The van der Waals surface area contributed by atoms with Crippen LogP contribution in [0.25, 0.3) is 21.8 Å². The fraction of sp³-hybridized carbons (Fsp3) is 0.403. The summed E-state index contributed by atoms with van der Waals surface area (Å²) in [5.74, 6) is -11.1. The lowest BCUT2D eigenvalue weighted by molar-refractivity contribution is -0.147. The van der Waals surface area contributed by atoms with Gasteiger partial charge in [0, 0.05) is 121 Å². The van der Waals surface area contributed by atoms with Crippen LogP contribution in [0, 0.1) is 11.6 Å². The number of benzene rings is 4. The van der Waals surface area contributed by atoms with Crippen LogP contribution in [0.5, 0.6) is 5.75 Å². The average Bonchev–Trinajstić information content (AvgIpc) is 1.67. The van der Waals surface area contributed by atoms with E-state index >= 15 is 23.6 Å². The number of halogens is 2. The number of hydrogen-bond donors (Lipinski definition) is 15. The van der Waals surface area contributed by atoms with Gasteiger partial charge in [0.25, 0.3) is 0 Å². The highest BCUT2D eigenvalue weighted by atomic mass is 32.2. The minimum atomic E-state index is -2.06. The Bertz CT molecular complexity index is 4310. The second kappa shape index (κ2) is 37.0. The van der Waals surface area contributed by atoms with Gasteiger partial charge in [0.15, 0.2) is 0 Å². The Morgan fingerprint density at radius 1 is 0.667 bits per heavy atom. The number of imidazole rings is 1. The van der Waals surface area contributed by atoms with Gasteiger partial charge < -0.3 is 83.6 Å². The Hall–Kier alpha value is -10.8. The lowest BCUT2D eigenvalue weighted by Gasteiger charge is -2.37. The standard InChI is InChI=1S/C72H85F2N15O14S2/c1-3-60(91)77-21-5-4-10-53-65(97)80-35-62(93)83-54(26-43-32-78-51-17-13-45(73)28-49(43)51)66(98)84-55(27-44-33-79-52-18-14-46(74)29-50(44)52)67(99)86-57(31-63(94)95)69(101)85-56(30-47-34-76-39-81-47)68(100)87-58(25-40-11-15-48(90)16-12-40)70(102)89-22-7-20-72(89,2)71(103)88-59(64(75)96)38-105-37-42-9-6-8-41(24-42)36-104-23-19-61(92)82-53/h6,8-9,11-18,24,28-29,32-34,39,53-59,78-79,90H,3-5,7,10,19-23,25-27,30-31,35-38H2,1-2H3,(H2,75,96)(H,76,81)(H,77,91)(H,80,97)(H,82,92)(H,83,93)(H,84,98)(H,85,101)(H,86,99)(H,87,100)(H,88,103)(H,94,95)/t53-,54-,55-,56-,57?,58-,59-,72-/m0/s1. The molecular formula is C72H85F2N15O14S2. The number of carboxylic acid groups (broad SMARTS) is 1. The molecule has 3 aromatic heterocycles. The molecule has 2 aliphatic rings. The summed E-state index contributed by atoms with van der Waals surface area (Å²) in [5, 5.41) is 44.9. The number of nitrogens with one attached hydrogen (secondary N) is 12. The number of aliphatic carboxylic acids is 1. The van der Waals surface area contributed by atoms with Gasteiger partial charge in [-0.2, -0.15) is 23.5 Å². The summed E-state index contributed by atoms with van der Waals surface area (Å²) in [6, 6.07) is 9.75. The number of thioether (sulfide) groups is 2. The lowest BCUT2D eigenvalue weighted by Crippen LogP contribution is -2.63. The number of carbonyl (C=O) groups excluding carboxylic acids is 11. The number of phenolic OH excluding ortho intramolecular Hbond substituents is 1. The number of unbranched alkanes of at least 4 members (excludes halogenated alkanes) is 1. The van der Waals surface area contributed by atoms with E-state index in [1.54, 1.807) is 6.92 Å². The largest absolute Gasteiger partial charge is 0.508 e. The summed E-state index contributed by atoms with van der Waals surface area (Å²) in [5.41, 5.74) is 8.11. The number of aromatic nitrogens is 4. The van der Waals surface area contributed by atoms with E-state index in [4.69, 9.17) is 5.73 Å². The SMILES string of the molecule is CCC(=O)NCCCC[C@@H]1NC(=O)CCSCc2cccc(c2)CSC[C@@H](C(N)=O)NC(=O)[C@]2(C)CCCN2C(=O)[C@H](Cc2ccc(O)cc2)NC(=O)[C@H](Cc2cnc[nH]2)NC(=O)C(CC(=O)O)NC(=O)[C@H](Cc2c[nH]c3ccc(F)cc23)NC(=O)[C@H](Cc2c[nH]c3ccc(F)cc23)NC(=O)CNC1=O. The van der Waals surface area contributed by atoms with E-state index in [-0.39, 0.29) is 85.7 Å². The molecule has 0 aliphatic carbocycles. The van der Waals surface area contributed by atoms with Crippen molar-refractivity contribution in [1.82, 2.24) is 72.7 Å². The van der Waals surface area contributed by atoms with Crippen molar-refractivity contribution in [3.8, 4) is 5.75 Å². The molecule has 7 aromatic rings. The van der Waals surface area contributed by atoms with Crippen LogP contribution in [0.15, 0.2) is 110 Å². The average molecular weight is 1490 g/mol. The third-order valence-corrected chi connectivity index (χ3v) is 20.3. The van der Waals surface area contributed by atoms with Gasteiger partial charge in [-0.3, -0.25) is 57.5 Å². The van der Waals surface area contributed by atoms with Crippen molar-refractivity contribution in [2.24, 2.45) is 5.73 Å². The molecule has 5 heterocycles. The number of amides is 11. The third kappa shape index (κ3) is 22.1. The van der Waals surface area contributed by atoms with Crippen molar-refractivity contribution in [3.05, 3.63) is 155 Å². The minimum Gasteiger partial charge on any atom is -0.508 e. The van der Waals surface area contributed by atoms with Crippen molar-refractivity contribution in [2.75, 3.05) is 31.1 Å². The first-order valence-corrected chi connectivity index (χ1v) is 36.6. The van der Waals surface area contributed by atoms with Crippen molar-refractivity contribution < 1.29 is 76.5 Å². The molecular weight excluding hydrogens is 1400 g/mol. The molecule has 1 unspecified atom stereocenters. The molecule has 9 rings (SSSR count). The van der Waals surface area contributed by atoms with Crippen LogP contribution in [0.4, 0.5) is 8.78 Å². The molecule has 1 saturated heterocycles. The van der Waals surface area contributed by atoms with Crippen molar-refractivity contribution in [3.63, 3.8) is 0 Å². The molecule has 0 spiro atoms. The first-order chi connectivity index (χ1) is 50.3. The molecule has 2 bridgehead atoms. The molecule has 2 aliphatic heterocycles. The number of nitrogens with zero attached hydrogens (tertiary/aromatic N) is 2. The number of fused-ring (bicyclic) bond motifs is 5. The molecule has 4 aromatic carbocycles. The van der Waals surface area contributed by atoms with Gasteiger partial charge in [-0.05, 0) is 115 Å². The van der Waals surface area contributed by atoms with Crippen molar-refractivity contribution in [2.45, 2.75) is 150 Å². The van der Waals surface area contributed by atoms with Gasteiger partial charge in [-0.25, -0.2) is 13.8 Å². The van der Waals surface area contributed by atoms with Crippen LogP contribution in [-0.4, -0.2) is 185 Å². The molecule has 8 atom stereocenters. The molecule has 0 radical (unpaired) electrons. The summed E-state index contributed by atoms with van der Waals surface area (Å²) in [6.07, 6.45) is 4.35. The number of aromatic amines is 3. The predicted molar refractivity (Wildman–Crippen MR) is 386 cm³/mol. The van der Waals surface area contributed by atoms with Crippen LogP contribution in [0.3, 0.4) is 0 Å². The Kier molecular flexibility index (Phi) is 27.6. The van der Waals surface area contributed by atoms with Gasteiger partial charge >= 0.3 is 5.97 Å². The van der Waals surface area contributed by atoms with E-state index in [9.17, 15) is 53.0 Å². The van der Waals surface area contributed by atoms with Crippen LogP contribution in [-0.2, 0) is 94.7 Å². The van der Waals surface area contributed by atoms with Crippen LogP contribution in [0.2, 0.25) is 0 Å². The second-order valence-corrected chi connectivity index (χ2v) is 28.1. The smallest absolute Gasteiger partial charge is 0.305 e. The van der Waals surface area contributed by atoms with Crippen molar-refractivity contribution >= 4 is 116 Å². The zero-order valence-electron chi connectivity index (χ0n) is 57.7. The maximum absolute atomic E-state index is 15.2. The summed E-state index contributed by atoms with van der Waals surface area (Å²) in [7, 11) is 0. The van der Waals surface area contributed by atoms with E-state index in [0.29, 0.717) is 64.1 Å². The molecule has 1 fully saturated rings. The highest BCUT2D eigenvalue weighted by Crippen LogP contribution is 2.32. The Morgan fingerprint density at radius 2 is 1.26 bits per heavy atom. The topological polar surface area (TPSA) is 443 Å². The molecule has 558 valence electrons. The van der Waals surface area contributed by atoms with Gasteiger partial charge in [0.05, 0.1) is 19.3 Å². The highest BCUT2D eigenvalue weighted by molar-refractivity contribution is 7.98. The zero-order valence-corrected chi connectivity index (χ0v) is 59.3. The van der Waals surface area contributed by atoms with Crippen LogP contribution in [0.1, 0.15) is 98.7 Å². The summed E-state index contributed by atoms with van der Waals surface area (Å²) in [4.78, 5) is 184. The number of phenols is 1. The maximum atomic E-state index is 15.2. The van der Waals surface area contributed by atoms with Crippen molar-refractivity contribution in [1.29, 1.82) is 0 Å². The molecule has 11 amide bonds. The molecule has 16 N–H and O–H groups in total. The summed E-state index contributed by atoms with van der Waals surface area (Å²) in [6.45, 7) is 2.73. The van der Waals surface area contributed by atoms with E-state index < -0.39 is 150 Å². The number of H-pyrrole nitrogens is 3. The van der Waals surface area contributed by atoms with Gasteiger partial charge in [-0.1, -0.05) is 43.3 Å². The number of nitrogens with two attached hydrogens (primary N) is 1. The third-order valence-electron chi connectivity index (χ3n) is 18.2. The Balaban J connectivity index is 1.06. The highest BCUT2D eigenvalue weighted by Gasteiger charge is 2.49. The van der Waals surface area contributed by atoms with Gasteiger partial charge in [-0.15, -0.1) is 0 Å². The quantitative estimate of drug-likeness (QED) is 0.0583. The fourth-order valence-corrected chi connectivity index (χ4v) is 14.4. The molecule has 0 saturated carbocycles. The van der Waals surface area contributed by atoms with Crippen LogP contribution >= 0.6 is 23.5 Å². The number of aromatic hydroxyl groups is 1. The number of hydrogen-bond acceptors (Lipinski definition) is 16. The normalized spacial score (nSPS) is 22.2. The van der Waals surface area contributed by atoms with Crippen LogP contribution < -0.4 is 53.6 Å². The first kappa shape index (κ1) is 78.3. The van der Waals surface area contributed by atoms with Gasteiger partial charge in [0.1, 0.15) is 65.2 Å². The Morgan fingerprint density at radius 3 is 1.87 bits per heavy atom. The number of rotatable bonds is 17.